The van der Waals surface area contributed by atoms with Gasteiger partial charge < -0.3 is 9.47 Å². The lowest BCUT2D eigenvalue weighted by molar-refractivity contribution is 0.0798. The van der Waals surface area contributed by atoms with Gasteiger partial charge in [-0.15, -0.1) is 0 Å². The molecule has 0 bridgehead atoms. The van der Waals surface area contributed by atoms with Crippen molar-refractivity contribution in [3.8, 4) is 5.75 Å². The molecule has 4 rings (SSSR count). The molecular formula is C24H25N3O4. The first-order valence-electron chi connectivity index (χ1n) is 10.0. The molecule has 0 saturated carbocycles. The predicted molar refractivity (Wildman–Crippen MR) is 116 cm³/mol. The summed E-state index contributed by atoms with van der Waals surface area (Å²) in [4.78, 5) is 26.7. The molecule has 0 spiro atoms. The molecule has 7 nitrogen and oxygen atoms in total. The fourth-order valence-electron chi connectivity index (χ4n) is 3.81. The third kappa shape index (κ3) is 3.84. The van der Waals surface area contributed by atoms with Crippen LogP contribution in [0, 0.1) is 0 Å². The van der Waals surface area contributed by atoms with Crippen LogP contribution in [0.25, 0.3) is 0 Å². The molecule has 0 unspecified atom stereocenters. The molecule has 2 aromatic carbocycles. The molecule has 0 N–H and O–H groups in total. The van der Waals surface area contributed by atoms with Crippen molar-refractivity contribution >= 4 is 17.6 Å². The molecule has 31 heavy (non-hydrogen) atoms. The Hall–Kier alpha value is -3.45. The van der Waals surface area contributed by atoms with E-state index in [2.05, 4.69) is 5.10 Å². The third-order valence-electron chi connectivity index (χ3n) is 5.47. The van der Waals surface area contributed by atoms with Crippen LogP contribution in [0.4, 0.5) is 5.82 Å². The van der Waals surface area contributed by atoms with Crippen molar-refractivity contribution in [2.24, 2.45) is 7.05 Å². The maximum atomic E-state index is 12.8. The minimum atomic E-state index is -0.384. The second kappa shape index (κ2) is 8.00. The summed E-state index contributed by atoms with van der Waals surface area (Å²) in [5.41, 5.74) is 2.34. The molecule has 2 heterocycles. The van der Waals surface area contributed by atoms with Crippen LogP contribution in [0.15, 0.2) is 54.6 Å². The molecule has 0 fully saturated rings. The average molecular weight is 419 g/mol. The zero-order chi connectivity index (χ0) is 22.2. The summed E-state index contributed by atoms with van der Waals surface area (Å²) in [6.07, 6.45) is 0. The van der Waals surface area contributed by atoms with Crippen LogP contribution in [-0.4, -0.2) is 35.3 Å². The van der Waals surface area contributed by atoms with Crippen molar-refractivity contribution in [3.63, 3.8) is 0 Å². The minimum Gasteiger partial charge on any atom is -0.497 e. The summed E-state index contributed by atoms with van der Waals surface area (Å²) in [6.45, 7) is 5.00. The number of nitrogens with zero attached hydrogens (tertiary/aromatic N) is 3. The van der Waals surface area contributed by atoms with E-state index >= 15 is 0 Å². The Kier molecular flexibility index (Phi) is 5.37. The van der Waals surface area contributed by atoms with Crippen molar-refractivity contribution in [1.82, 2.24) is 9.78 Å². The topological polar surface area (TPSA) is 73.7 Å². The Morgan fingerprint density at radius 2 is 1.58 bits per heavy atom. The highest BCUT2D eigenvalue weighted by Gasteiger charge is 2.39. The number of ether oxygens (including phenoxy) is 2. The normalized spacial score (nSPS) is 13.6. The fourth-order valence-corrected chi connectivity index (χ4v) is 3.81. The number of aryl methyl sites for hydroxylation is 1. The van der Waals surface area contributed by atoms with E-state index in [4.69, 9.17) is 9.47 Å². The number of benzene rings is 2. The summed E-state index contributed by atoms with van der Waals surface area (Å²) < 4.78 is 12.8. The maximum Gasteiger partial charge on any atom is 0.267 e. The predicted octanol–water partition coefficient (Wildman–Crippen LogP) is 3.72. The first-order chi connectivity index (χ1) is 14.8. The van der Waals surface area contributed by atoms with Gasteiger partial charge in [0.05, 0.1) is 31.5 Å². The standard InChI is InChI=1S/C24H25N3O4/c1-24(2,15-31-14-16-9-11-17(30-4)12-10-16)20-13-21(25-26(20)3)27-22(28)18-7-5-6-8-19(18)23(27)29/h5-13H,14-15H2,1-4H3. The highest BCUT2D eigenvalue weighted by Crippen LogP contribution is 2.31. The maximum absolute atomic E-state index is 12.8. The van der Waals surface area contributed by atoms with E-state index in [1.165, 1.54) is 0 Å². The van der Waals surface area contributed by atoms with Gasteiger partial charge in [-0.05, 0) is 29.8 Å². The summed E-state index contributed by atoms with van der Waals surface area (Å²) >= 11 is 0. The zero-order valence-electron chi connectivity index (χ0n) is 18.1. The van der Waals surface area contributed by atoms with Crippen LogP contribution < -0.4 is 9.64 Å². The number of aromatic nitrogens is 2. The molecule has 0 radical (unpaired) electrons. The Labute approximate surface area is 181 Å². The molecular weight excluding hydrogens is 394 g/mol. The van der Waals surface area contributed by atoms with Gasteiger partial charge in [0.15, 0.2) is 5.82 Å². The fraction of sp³-hybridized carbons (Fsp3) is 0.292. The molecule has 2 amide bonds. The summed E-state index contributed by atoms with van der Waals surface area (Å²) in [7, 11) is 3.44. The number of amides is 2. The SMILES string of the molecule is COc1ccc(COCC(C)(C)c2cc(N3C(=O)c4ccccc4C3=O)nn2C)cc1. The second-order valence-corrected chi connectivity index (χ2v) is 8.23. The Morgan fingerprint density at radius 3 is 2.16 bits per heavy atom. The number of hydrogen-bond acceptors (Lipinski definition) is 5. The molecule has 1 aromatic heterocycles. The van der Waals surface area contributed by atoms with Crippen molar-refractivity contribution in [2.45, 2.75) is 25.9 Å². The summed E-state index contributed by atoms with van der Waals surface area (Å²) in [5, 5.41) is 4.46. The first-order valence-corrected chi connectivity index (χ1v) is 10.0. The van der Waals surface area contributed by atoms with Gasteiger partial charge in [0.25, 0.3) is 11.8 Å². The van der Waals surface area contributed by atoms with Gasteiger partial charge in [-0.25, -0.2) is 4.90 Å². The minimum absolute atomic E-state index is 0.326. The number of anilines is 1. The summed E-state index contributed by atoms with van der Waals surface area (Å²) in [5.74, 6) is 0.434. The third-order valence-corrected chi connectivity index (χ3v) is 5.47. The summed E-state index contributed by atoms with van der Waals surface area (Å²) in [6, 6.07) is 16.4. The largest absolute Gasteiger partial charge is 0.497 e. The van der Waals surface area contributed by atoms with Crippen LogP contribution in [0.5, 0.6) is 5.75 Å². The van der Waals surface area contributed by atoms with Crippen LogP contribution in [-0.2, 0) is 23.8 Å². The van der Waals surface area contributed by atoms with Gasteiger partial charge in [0, 0.05) is 24.2 Å². The van der Waals surface area contributed by atoms with Crippen LogP contribution in [0.2, 0.25) is 0 Å². The molecule has 1 aliphatic heterocycles. The number of hydrogen-bond donors (Lipinski definition) is 0. The van der Waals surface area contributed by atoms with Gasteiger partial charge in [0.2, 0.25) is 0 Å². The molecule has 7 heteroatoms. The molecule has 0 aliphatic carbocycles. The number of carbonyl (C=O) groups excluding carboxylic acids is 2. The van der Waals surface area contributed by atoms with Gasteiger partial charge in [-0.3, -0.25) is 14.3 Å². The molecule has 160 valence electrons. The van der Waals surface area contributed by atoms with Crippen molar-refractivity contribution in [1.29, 1.82) is 0 Å². The van der Waals surface area contributed by atoms with E-state index in [9.17, 15) is 9.59 Å². The van der Waals surface area contributed by atoms with E-state index in [1.54, 1.807) is 42.1 Å². The van der Waals surface area contributed by atoms with Crippen molar-refractivity contribution in [3.05, 3.63) is 77.0 Å². The highest BCUT2D eigenvalue weighted by molar-refractivity contribution is 6.34. The Balaban J connectivity index is 1.48. The molecule has 0 saturated heterocycles. The van der Waals surface area contributed by atoms with E-state index in [1.807, 2.05) is 45.2 Å². The van der Waals surface area contributed by atoms with Gasteiger partial charge in [-0.2, -0.15) is 5.10 Å². The van der Waals surface area contributed by atoms with Crippen LogP contribution in [0.1, 0.15) is 45.8 Å². The van der Waals surface area contributed by atoms with E-state index in [0.717, 1.165) is 21.9 Å². The molecule has 3 aromatic rings. The van der Waals surface area contributed by atoms with Crippen molar-refractivity contribution in [2.75, 3.05) is 18.6 Å². The number of fused-ring (bicyclic) bond motifs is 1. The Bertz CT molecular complexity index is 1100. The van der Waals surface area contributed by atoms with Gasteiger partial charge >= 0.3 is 0 Å². The van der Waals surface area contributed by atoms with E-state index in [-0.39, 0.29) is 17.2 Å². The van der Waals surface area contributed by atoms with Crippen molar-refractivity contribution < 1.29 is 19.1 Å². The van der Waals surface area contributed by atoms with Crippen LogP contribution >= 0.6 is 0 Å². The number of imide groups is 1. The Morgan fingerprint density at radius 1 is 0.968 bits per heavy atom. The van der Waals surface area contributed by atoms with E-state index < -0.39 is 0 Å². The zero-order valence-corrected chi connectivity index (χ0v) is 18.1. The monoisotopic (exact) mass is 419 g/mol. The van der Waals surface area contributed by atoms with Gasteiger partial charge in [-0.1, -0.05) is 38.1 Å². The van der Waals surface area contributed by atoms with Gasteiger partial charge in [0.1, 0.15) is 5.75 Å². The lowest BCUT2D eigenvalue weighted by atomic mass is 9.90. The van der Waals surface area contributed by atoms with E-state index in [0.29, 0.717) is 30.2 Å². The highest BCUT2D eigenvalue weighted by atomic mass is 16.5. The molecule has 0 atom stereocenters. The average Bonchev–Trinajstić information content (AvgIpc) is 3.26. The quantitative estimate of drug-likeness (QED) is 0.546. The number of carbonyl (C=O) groups is 2. The lowest BCUT2D eigenvalue weighted by Gasteiger charge is -2.24. The molecule has 1 aliphatic rings. The number of rotatable bonds is 7. The number of methoxy groups -OCH3 is 1. The smallest absolute Gasteiger partial charge is 0.267 e. The second-order valence-electron chi connectivity index (χ2n) is 8.23. The van der Waals surface area contributed by atoms with Crippen LogP contribution in [0.3, 0.4) is 0 Å². The lowest BCUT2D eigenvalue weighted by Crippen LogP contribution is -2.29. The first kappa shape index (κ1) is 20.8.